The van der Waals surface area contributed by atoms with E-state index in [0.717, 1.165) is 24.9 Å². The van der Waals surface area contributed by atoms with E-state index in [0.29, 0.717) is 12.5 Å². The Morgan fingerprint density at radius 3 is 2.76 bits per heavy atom. The molecule has 1 rings (SSSR count). The van der Waals surface area contributed by atoms with Gasteiger partial charge in [-0.15, -0.1) is 0 Å². The monoisotopic (exact) mass is 241 g/mol. The molecule has 102 valence electrons. The average molecular weight is 241 g/mol. The summed E-state index contributed by atoms with van der Waals surface area (Å²) < 4.78 is 0. The zero-order valence-electron chi connectivity index (χ0n) is 11.8. The largest absolute Gasteiger partial charge is 0.396 e. The van der Waals surface area contributed by atoms with E-state index in [1.807, 2.05) is 0 Å². The van der Waals surface area contributed by atoms with Crippen molar-refractivity contribution in [3.63, 3.8) is 0 Å². The van der Waals surface area contributed by atoms with Crippen LogP contribution in [-0.4, -0.2) is 24.3 Å². The Labute approximate surface area is 107 Å². The van der Waals surface area contributed by atoms with Gasteiger partial charge in [-0.25, -0.2) is 0 Å². The quantitative estimate of drug-likeness (QED) is 0.529. The van der Waals surface area contributed by atoms with Gasteiger partial charge in [0.1, 0.15) is 0 Å². The van der Waals surface area contributed by atoms with Crippen LogP contribution in [0.5, 0.6) is 0 Å². The van der Waals surface area contributed by atoms with E-state index >= 15 is 0 Å². The molecule has 0 spiro atoms. The number of hydrogen-bond acceptors (Lipinski definition) is 2. The van der Waals surface area contributed by atoms with Crippen molar-refractivity contribution in [2.75, 3.05) is 13.2 Å². The van der Waals surface area contributed by atoms with E-state index in [4.69, 9.17) is 5.11 Å². The van der Waals surface area contributed by atoms with Gasteiger partial charge < -0.3 is 10.4 Å². The predicted octanol–water partition coefficient (Wildman–Crippen LogP) is 3.34. The summed E-state index contributed by atoms with van der Waals surface area (Å²) in [6, 6.07) is 0.760. The molecule has 0 saturated heterocycles. The summed E-state index contributed by atoms with van der Waals surface area (Å²) in [4.78, 5) is 0. The van der Waals surface area contributed by atoms with Gasteiger partial charge in [0, 0.05) is 12.6 Å². The Hall–Kier alpha value is -0.0800. The number of aliphatic hydroxyl groups is 1. The van der Waals surface area contributed by atoms with Gasteiger partial charge in [-0.3, -0.25) is 0 Å². The van der Waals surface area contributed by atoms with Crippen LogP contribution in [0.25, 0.3) is 0 Å². The maximum atomic E-state index is 8.96. The van der Waals surface area contributed by atoms with E-state index in [1.165, 1.54) is 44.9 Å². The first-order valence-electron chi connectivity index (χ1n) is 7.60. The summed E-state index contributed by atoms with van der Waals surface area (Å²) in [7, 11) is 0. The third-order valence-electron chi connectivity index (χ3n) is 4.28. The number of aliphatic hydroxyl groups excluding tert-OH is 1. The summed E-state index contributed by atoms with van der Waals surface area (Å²) in [5.41, 5.74) is 0. The molecule has 2 nitrogen and oxygen atoms in total. The lowest BCUT2D eigenvalue weighted by molar-refractivity contribution is 0.227. The summed E-state index contributed by atoms with van der Waals surface area (Å²) in [6.07, 6.45) is 10.7. The van der Waals surface area contributed by atoms with Crippen molar-refractivity contribution in [2.45, 2.75) is 71.3 Å². The fourth-order valence-corrected chi connectivity index (χ4v) is 2.84. The minimum absolute atomic E-state index is 0.335. The summed E-state index contributed by atoms with van der Waals surface area (Å²) >= 11 is 0. The van der Waals surface area contributed by atoms with Gasteiger partial charge in [0.2, 0.25) is 0 Å². The van der Waals surface area contributed by atoms with Crippen LogP contribution >= 0.6 is 0 Å². The third-order valence-corrected chi connectivity index (χ3v) is 4.28. The molecule has 1 saturated carbocycles. The van der Waals surface area contributed by atoms with Gasteiger partial charge in [0.25, 0.3) is 0 Å². The first kappa shape index (κ1) is 15.0. The van der Waals surface area contributed by atoms with Crippen molar-refractivity contribution in [3.8, 4) is 0 Å². The molecule has 0 radical (unpaired) electrons. The van der Waals surface area contributed by atoms with Crippen LogP contribution in [0, 0.1) is 11.8 Å². The first-order valence-corrected chi connectivity index (χ1v) is 7.60. The molecule has 0 bridgehead atoms. The van der Waals surface area contributed by atoms with Crippen molar-refractivity contribution in [2.24, 2.45) is 11.8 Å². The molecule has 3 atom stereocenters. The second-order valence-electron chi connectivity index (χ2n) is 5.86. The second kappa shape index (κ2) is 8.93. The summed E-state index contributed by atoms with van der Waals surface area (Å²) in [5, 5.41) is 12.7. The minimum atomic E-state index is 0.335. The van der Waals surface area contributed by atoms with Gasteiger partial charge >= 0.3 is 0 Å². The first-order chi connectivity index (χ1) is 8.26. The highest BCUT2D eigenvalue weighted by Crippen LogP contribution is 2.25. The van der Waals surface area contributed by atoms with Crippen molar-refractivity contribution >= 4 is 0 Å². The highest BCUT2D eigenvalue weighted by Gasteiger charge is 2.16. The Morgan fingerprint density at radius 2 is 2.06 bits per heavy atom. The van der Waals surface area contributed by atoms with E-state index in [1.54, 1.807) is 0 Å². The molecule has 0 amide bonds. The Morgan fingerprint density at radius 1 is 1.24 bits per heavy atom. The SMILES string of the molecule is CCC1CCCC(NCCCC(C)CO)CC1. The summed E-state index contributed by atoms with van der Waals surface area (Å²) in [6.45, 7) is 5.92. The lowest BCUT2D eigenvalue weighted by Crippen LogP contribution is -2.29. The fraction of sp³-hybridized carbons (Fsp3) is 1.00. The molecule has 3 unspecified atom stereocenters. The molecule has 1 aliphatic rings. The van der Waals surface area contributed by atoms with Crippen LogP contribution in [0.4, 0.5) is 0 Å². The highest BCUT2D eigenvalue weighted by molar-refractivity contribution is 4.74. The smallest absolute Gasteiger partial charge is 0.0456 e. The molecule has 0 aromatic rings. The Kier molecular flexibility index (Phi) is 7.87. The van der Waals surface area contributed by atoms with Gasteiger partial charge in [-0.1, -0.05) is 33.1 Å². The molecule has 0 aromatic heterocycles. The van der Waals surface area contributed by atoms with Crippen LogP contribution in [0.3, 0.4) is 0 Å². The second-order valence-corrected chi connectivity index (χ2v) is 5.86. The van der Waals surface area contributed by atoms with E-state index in [9.17, 15) is 0 Å². The van der Waals surface area contributed by atoms with Crippen molar-refractivity contribution in [1.29, 1.82) is 0 Å². The maximum Gasteiger partial charge on any atom is 0.0456 e. The topological polar surface area (TPSA) is 32.3 Å². The van der Waals surface area contributed by atoms with Gasteiger partial charge in [-0.2, -0.15) is 0 Å². The maximum absolute atomic E-state index is 8.96. The van der Waals surface area contributed by atoms with Gasteiger partial charge in [0.15, 0.2) is 0 Å². The highest BCUT2D eigenvalue weighted by atomic mass is 16.3. The number of nitrogens with one attached hydrogen (secondary N) is 1. The molecular formula is C15H31NO. The van der Waals surface area contributed by atoms with Gasteiger partial charge in [-0.05, 0) is 50.5 Å². The molecule has 1 aliphatic carbocycles. The van der Waals surface area contributed by atoms with E-state index in [-0.39, 0.29) is 0 Å². The zero-order chi connectivity index (χ0) is 12.5. The van der Waals surface area contributed by atoms with E-state index in [2.05, 4.69) is 19.2 Å². The normalized spacial score (nSPS) is 27.7. The van der Waals surface area contributed by atoms with Crippen LogP contribution < -0.4 is 5.32 Å². The number of hydrogen-bond donors (Lipinski definition) is 2. The van der Waals surface area contributed by atoms with Crippen molar-refractivity contribution < 1.29 is 5.11 Å². The van der Waals surface area contributed by atoms with Crippen LogP contribution in [0.1, 0.15) is 65.2 Å². The zero-order valence-corrected chi connectivity index (χ0v) is 11.8. The molecular weight excluding hydrogens is 210 g/mol. The lowest BCUT2D eigenvalue weighted by atomic mass is 9.98. The number of rotatable bonds is 7. The third kappa shape index (κ3) is 6.42. The molecule has 1 fully saturated rings. The molecule has 0 aromatic carbocycles. The lowest BCUT2D eigenvalue weighted by Gasteiger charge is -2.17. The summed E-state index contributed by atoms with van der Waals surface area (Å²) in [5.74, 6) is 1.45. The molecule has 17 heavy (non-hydrogen) atoms. The molecule has 0 aliphatic heterocycles. The minimum Gasteiger partial charge on any atom is -0.396 e. The molecule has 0 heterocycles. The Balaban J connectivity index is 2.07. The Bertz CT molecular complexity index is 184. The van der Waals surface area contributed by atoms with Gasteiger partial charge in [0.05, 0.1) is 0 Å². The van der Waals surface area contributed by atoms with Crippen molar-refractivity contribution in [1.82, 2.24) is 5.32 Å². The van der Waals surface area contributed by atoms with Crippen LogP contribution in [-0.2, 0) is 0 Å². The fourth-order valence-electron chi connectivity index (χ4n) is 2.84. The molecule has 2 heteroatoms. The standard InChI is InChI=1S/C15H31NO/c1-3-14-7-4-8-15(10-9-14)16-11-5-6-13(2)12-17/h13-17H,3-12H2,1-2H3. The average Bonchev–Trinajstić information content (AvgIpc) is 2.59. The van der Waals surface area contributed by atoms with Crippen LogP contribution in [0.2, 0.25) is 0 Å². The van der Waals surface area contributed by atoms with Crippen molar-refractivity contribution in [3.05, 3.63) is 0 Å². The van der Waals surface area contributed by atoms with Crippen LogP contribution in [0.15, 0.2) is 0 Å². The molecule has 2 N–H and O–H groups in total. The predicted molar refractivity (Wildman–Crippen MR) is 74.1 cm³/mol. The van der Waals surface area contributed by atoms with E-state index < -0.39 is 0 Å².